The molecule has 1 aromatic rings. The van der Waals surface area contributed by atoms with Crippen LogP contribution in [0.25, 0.3) is 0 Å². The van der Waals surface area contributed by atoms with Gasteiger partial charge < -0.3 is 15.2 Å². The lowest BCUT2D eigenvalue weighted by atomic mass is 9.85. The first-order valence-corrected chi connectivity index (χ1v) is 9.70. The number of sulfonamides is 1. The van der Waals surface area contributed by atoms with Gasteiger partial charge in [0.15, 0.2) is 11.5 Å². The third-order valence-electron chi connectivity index (χ3n) is 4.55. The standard InChI is InChI=1S/C16H24N2O4S/c17-11-12-4-1-2-5-14(12)18-23(19,20)13-6-7-15-16(10-13)22-9-3-8-21-15/h6-7,10,12,14,18H,1-5,8-9,11,17H2. The van der Waals surface area contributed by atoms with Gasteiger partial charge in [-0.3, -0.25) is 0 Å². The molecule has 2 aliphatic rings. The molecule has 0 bridgehead atoms. The number of hydrogen-bond donors (Lipinski definition) is 2. The first-order valence-electron chi connectivity index (χ1n) is 8.22. The SMILES string of the molecule is NCC1CCCCC1NS(=O)(=O)c1ccc2c(c1)OCCCO2. The lowest BCUT2D eigenvalue weighted by Crippen LogP contribution is -2.44. The zero-order valence-corrected chi connectivity index (χ0v) is 14.0. The summed E-state index contributed by atoms with van der Waals surface area (Å²) in [4.78, 5) is 0.211. The van der Waals surface area contributed by atoms with E-state index in [9.17, 15) is 8.42 Å². The van der Waals surface area contributed by atoms with Gasteiger partial charge in [-0.05, 0) is 37.4 Å². The van der Waals surface area contributed by atoms with Crippen molar-refractivity contribution >= 4 is 10.0 Å². The van der Waals surface area contributed by atoms with E-state index in [-0.39, 0.29) is 16.9 Å². The molecule has 6 nitrogen and oxygen atoms in total. The van der Waals surface area contributed by atoms with Crippen LogP contribution in [-0.2, 0) is 10.0 Å². The Morgan fingerprint density at radius 3 is 2.61 bits per heavy atom. The average molecular weight is 340 g/mol. The lowest BCUT2D eigenvalue weighted by molar-refractivity contribution is 0.295. The summed E-state index contributed by atoms with van der Waals surface area (Å²) in [5.41, 5.74) is 5.79. The third kappa shape index (κ3) is 3.79. The Labute approximate surface area is 137 Å². The van der Waals surface area contributed by atoms with Crippen LogP contribution < -0.4 is 19.9 Å². The van der Waals surface area contributed by atoms with Crippen LogP contribution in [0.3, 0.4) is 0 Å². The molecule has 1 heterocycles. The van der Waals surface area contributed by atoms with Crippen LogP contribution >= 0.6 is 0 Å². The van der Waals surface area contributed by atoms with Crippen molar-refractivity contribution < 1.29 is 17.9 Å². The Bertz CT molecular complexity index is 647. The molecule has 1 aliphatic heterocycles. The zero-order valence-electron chi connectivity index (χ0n) is 13.2. The Hall–Kier alpha value is -1.31. The molecule has 0 spiro atoms. The maximum absolute atomic E-state index is 12.7. The number of rotatable bonds is 4. The van der Waals surface area contributed by atoms with E-state index in [1.807, 2.05) is 0 Å². The molecular weight excluding hydrogens is 316 g/mol. The summed E-state index contributed by atoms with van der Waals surface area (Å²) in [6, 6.07) is 4.69. The molecule has 3 N–H and O–H groups in total. The summed E-state index contributed by atoms with van der Waals surface area (Å²) in [6.07, 6.45) is 4.75. The molecule has 3 rings (SSSR count). The van der Waals surface area contributed by atoms with E-state index in [1.54, 1.807) is 18.2 Å². The second kappa shape index (κ2) is 7.07. The van der Waals surface area contributed by atoms with Gasteiger partial charge in [0.2, 0.25) is 10.0 Å². The molecule has 1 aliphatic carbocycles. The molecule has 1 fully saturated rings. The second-order valence-electron chi connectivity index (χ2n) is 6.17. The number of hydrogen-bond acceptors (Lipinski definition) is 5. The Balaban J connectivity index is 1.80. The molecule has 0 saturated heterocycles. The van der Waals surface area contributed by atoms with Crippen molar-refractivity contribution in [1.29, 1.82) is 0 Å². The van der Waals surface area contributed by atoms with Crippen LogP contribution in [0.15, 0.2) is 23.1 Å². The second-order valence-corrected chi connectivity index (χ2v) is 7.88. The van der Waals surface area contributed by atoms with E-state index < -0.39 is 10.0 Å². The van der Waals surface area contributed by atoms with Crippen LogP contribution in [0.5, 0.6) is 11.5 Å². The monoisotopic (exact) mass is 340 g/mol. The molecule has 7 heteroatoms. The van der Waals surface area contributed by atoms with Gasteiger partial charge in [0.25, 0.3) is 0 Å². The molecule has 128 valence electrons. The van der Waals surface area contributed by atoms with Crippen molar-refractivity contribution in [1.82, 2.24) is 4.72 Å². The highest BCUT2D eigenvalue weighted by Gasteiger charge is 2.29. The van der Waals surface area contributed by atoms with Crippen molar-refractivity contribution in [3.05, 3.63) is 18.2 Å². The van der Waals surface area contributed by atoms with Gasteiger partial charge in [-0.15, -0.1) is 0 Å². The minimum absolute atomic E-state index is 0.0882. The third-order valence-corrected chi connectivity index (χ3v) is 6.04. The van der Waals surface area contributed by atoms with Crippen molar-refractivity contribution in [2.24, 2.45) is 11.7 Å². The average Bonchev–Trinajstić information content (AvgIpc) is 2.79. The van der Waals surface area contributed by atoms with E-state index in [2.05, 4.69) is 4.72 Å². The number of ether oxygens (including phenoxy) is 2. The van der Waals surface area contributed by atoms with Gasteiger partial charge in [0.05, 0.1) is 18.1 Å². The van der Waals surface area contributed by atoms with Crippen LogP contribution in [0.1, 0.15) is 32.1 Å². The molecule has 23 heavy (non-hydrogen) atoms. The van der Waals surface area contributed by atoms with E-state index in [1.165, 1.54) is 0 Å². The van der Waals surface area contributed by atoms with Gasteiger partial charge in [-0.25, -0.2) is 13.1 Å². The summed E-state index contributed by atoms with van der Waals surface area (Å²) in [5, 5.41) is 0. The minimum atomic E-state index is -3.59. The Morgan fingerprint density at radius 2 is 1.83 bits per heavy atom. The minimum Gasteiger partial charge on any atom is -0.490 e. The van der Waals surface area contributed by atoms with Crippen LogP contribution in [0.2, 0.25) is 0 Å². The first-order chi connectivity index (χ1) is 11.1. The van der Waals surface area contributed by atoms with E-state index in [4.69, 9.17) is 15.2 Å². The molecule has 1 aromatic carbocycles. The van der Waals surface area contributed by atoms with Gasteiger partial charge in [0.1, 0.15) is 0 Å². The highest BCUT2D eigenvalue weighted by Crippen LogP contribution is 2.32. The number of nitrogens with one attached hydrogen (secondary N) is 1. The first kappa shape index (κ1) is 16.5. The Morgan fingerprint density at radius 1 is 1.09 bits per heavy atom. The fourth-order valence-electron chi connectivity index (χ4n) is 3.22. The smallest absolute Gasteiger partial charge is 0.240 e. The highest BCUT2D eigenvalue weighted by molar-refractivity contribution is 7.89. The number of nitrogens with two attached hydrogens (primary N) is 1. The van der Waals surface area contributed by atoms with Gasteiger partial charge >= 0.3 is 0 Å². The molecule has 2 unspecified atom stereocenters. The predicted molar refractivity (Wildman–Crippen MR) is 87.2 cm³/mol. The van der Waals surface area contributed by atoms with E-state index in [0.29, 0.717) is 31.3 Å². The molecule has 0 amide bonds. The fourth-order valence-corrected chi connectivity index (χ4v) is 4.58. The lowest BCUT2D eigenvalue weighted by Gasteiger charge is -2.31. The van der Waals surface area contributed by atoms with E-state index >= 15 is 0 Å². The maximum Gasteiger partial charge on any atom is 0.240 e. The van der Waals surface area contributed by atoms with Crippen molar-refractivity contribution in [2.45, 2.75) is 43.0 Å². The zero-order chi connectivity index (χ0) is 16.3. The summed E-state index contributed by atoms with van der Waals surface area (Å²) >= 11 is 0. The Kier molecular flexibility index (Phi) is 5.08. The van der Waals surface area contributed by atoms with E-state index in [0.717, 1.165) is 32.1 Å². The summed E-state index contributed by atoms with van der Waals surface area (Å²) in [7, 11) is -3.59. The molecule has 0 radical (unpaired) electrons. The molecular formula is C16H24N2O4S. The van der Waals surface area contributed by atoms with Crippen LogP contribution in [0.4, 0.5) is 0 Å². The summed E-state index contributed by atoms with van der Waals surface area (Å²) < 4.78 is 39.3. The fraction of sp³-hybridized carbons (Fsp3) is 0.625. The quantitative estimate of drug-likeness (QED) is 0.869. The summed E-state index contributed by atoms with van der Waals surface area (Å²) in [6.45, 7) is 1.62. The van der Waals surface area contributed by atoms with Crippen molar-refractivity contribution in [2.75, 3.05) is 19.8 Å². The number of fused-ring (bicyclic) bond motifs is 1. The summed E-state index contributed by atoms with van der Waals surface area (Å²) in [5.74, 6) is 1.29. The van der Waals surface area contributed by atoms with Crippen molar-refractivity contribution in [3.8, 4) is 11.5 Å². The molecule has 0 aromatic heterocycles. The highest BCUT2D eigenvalue weighted by atomic mass is 32.2. The number of benzene rings is 1. The van der Waals surface area contributed by atoms with Crippen LogP contribution in [-0.4, -0.2) is 34.2 Å². The molecule has 2 atom stereocenters. The predicted octanol–water partition coefficient (Wildman–Crippen LogP) is 1.64. The van der Waals surface area contributed by atoms with Gasteiger partial charge in [-0.2, -0.15) is 0 Å². The van der Waals surface area contributed by atoms with Gasteiger partial charge in [-0.1, -0.05) is 12.8 Å². The topological polar surface area (TPSA) is 90.7 Å². The van der Waals surface area contributed by atoms with Crippen LogP contribution in [0, 0.1) is 5.92 Å². The largest absolute Gasteiger partial charge is 0.490 e. The maximum atomic E-state index is 12.7. The molecule has 1 saturated carbocycles. The van der Waals surface area contributed by atoms with Crippen molar-refractivity contribution in [3.63, 3.8) is 0 Å². The van der Waals surface area contributed by atoms with Gasteiger partial charge in [0, 0.05) is 18.5 Å². The normalized spacial score (nSPS) is 24.9.